The predicted octanol–water partition coefficient (Wildman–Crippen LogP) is 0.122. The number of ether oxygens (including phenoxy) is 1. The zero-order valence-corrected chi connectivity index (χ0v) is 12.6. The number of piperidine rings is 1. The van der Waals surface area contributed by atoms with Crippen LogP contribution in [0.2, 0.25) is 0 Å². The average molecular weight is 290 g/mol. The maximum Gasteiger partial charge on any atom is 0.151 e. The molecule has 0 aromatic rings. The Morgan fingerprint density at radius 2 is 2.21 bits per heavy atom. The maximum atomic E-state index is 11.4. The second kappa shape index (κ2) is 7.02. The number of methoxy groups -OCH3 is 1. The van der Waals surface area contributed by atoms with E-state index >= 15 is 0 Å². The van der Waals surface area contributed by atoms with E-state index in [1.54, 1.807) is 7.11 Å². The molecule has 2 atom stereocenters. The zero-order valence-electron chi connectivity index (χ0n) is 11.8. The molecule has 1 N–H and O–H groups in total. The van der Waals surface area contributed by atoms with Gasteiger partial charge in [0.1, 0.15) is 0 Å². The molecule has 0 amide bonds. The van der Waals surface area contributed by atoms with Crippen molar-refractivity contribution in [3.8, 4) is 0 Å². The summed E-state index contributed by atoms with van der Waals surface area (Å²) >= 11 is 0. The molecule has 19 heavy (non-hydrogen) atoms. The number of hydrogen-bond donors (Lipinski definition) is 1. The summed E-state index contributed by atoms with van der Waals surface area (Å²) in [4.78, 5) is 2.46. The van der Waals surface area contributed by atoms with E-state index in [0.717, 1.165) is 39.2 Å². The number of nitrogens with zero attached hydrogens (tertiary/aromatic N) is 1. The minimum Gasteiger partial charge on any atom is -0.384 e. The first-order valence-electron chi connectivity index (χ1n) is 7.24. The van der Waals surface area contributed by atoms with Crippen LogP contribution in [0.15, 0.2) is 0 Å². The number of hydrogen-bond acceptors (Lipinski definition) is 5. The summed E-state index contributed by atoms with van der Waals surface area (Å²) in [6.07, 6.45) is 3.28. The van der Waals surface area contributed by atoms with Crippen LogP contribution in [0.3, 0.4) is 0 Å². The summed E-state index contributed by atoms with van der Waals surface area (Å²) in [5.74, 6) is 1.33. The summed E-state index contributed by atoms with van der Waals surface area (Å²) in [6, 6.07) is 0.171. The van der Waals surface area contributed by atoms with Crippen molar-refractivity contribution < 1.29 is 13.2 Å². The number of nitrogens with one attached hydrogen (secondary N) is 1. The van der Waals surface area contributed by atoms with E-state index in [4.69, 9.17) is 4.74 Å². The summed E-state index contributed by atoms with van der Waals surface area (Å²) in [5, 5.41) is 3.38. The highest BCUT2D eigenvalue weighted by molar-refractivity contribution is 7.91. The first-order valence-corrected chi connectivity index (χ1v) is 9.06. The zero-order chi connectivity index (χ0) is 13.7. The van der Waals surface area contributed by atoms with Gasteiger partial charge in [-0.1, -0.05) is 0 Å². The Bertz CT molecular complexity index is 370. The van der Waals surface area contributed by atoms with Crippen molar-refractivity contribution in [1.29, 1.82) is 0 Å². The highest BCUT2D eigenvalue weighted by Gasteiger charge is 2.27. The first kappa shape index (κ1) is 15.2. The van der Waals surface area contributed by atoms with Crippen molar-refractivity contribution in [2.45, 2.75) is 25.3 Å². The van der Waals surface area contributed by atoms with Crippen LogP contribution in [0.4, 0.5) is 0 Å². The monoisotopic (exact) mass is 290 g/mol. The van der Waals surface area contributed by atoms with E-state index in [-0.39, 0.29) is 6.04 Å². The van der Waals surface area contributed by atoms with E-state index < -0.39 is 9.84 Å². The van der Waals surface area contributed by atoms with E-state index in [2.05, 4.69) is 10.2 Å². The lowest BCUT2D eigenvalue weighted by Gasteiger charge is -2.32. The van der Waals surface area contributed by atoms with Gasteiger partial charge in [0.15, 0.2) is 9.84 Å². The van der Waals surface area contributed by atoms with Gasteiger partial charge in [-0.3, -0.25) is 0 Å². The highest BCUT2D eigenvalue weighted by atomic mass is 32.2. The molecular weight excluding hydrogens is 264 g/mol. The quantitative estimate of drug-likeness (QED) is 0.753. The minimum atomic E-state index is -2.76. The molecule has 0 saturated carbocycles. The molecule has 6 heteroatoms. The number of rotatable bonds is 6. The van der Waals surface area contributed by atoms with Gasteiger partial charge in [-0.25, -0.2) is 8.42 Å². The normalized spacial score (nSPS) is 31.6. The number of sulfone groups is 1. The predicted molar refractivity (Wildman–Crippen MR) is 76.1 cm³/mol. The lowest BCUT2D eigenvalue weighted by Crippen LogP contribution is -2.42. The molecule has 0 radical (unpaired) electrons. The largest absolute Gasteiger partial charge is 0.384 e. The van der Waals surface area contributed by atoms with Gasteiger partial charge in [0.25, 0.3) is 0 Å². The summed E-state index contributed by atoms with van der Waals surface area (Å²) in [5.41, 5.74) is 0. The highest BCUT2D eigenvalue weighted by Crippen LogP contribution is 2.16. The molecule has 2 unspecified atom stereocenters. The Morgan fingerprint density at radius 1 is 1.37 bits per heavy atom. The van der Waals surface area contributed by atoms with Crippen LogP contribution in [0, 0.1) is 5.92 Å². The van der Waals surface area contributed by atoms with Crippen molar-refractivity contribution in [1.82, 2.24) is 10.2 Å². The molecular formula is C13H26N2O3S. The molecule has 0 aromatic carbocycles. The van der Waals surface area contributed by atoms with Gasteiger partial charge < -0.3 is 15.0 Å². The van der Waals surface area contributed by atoms with Gasteiger partial charge in [0.2, 0.25) is 0 Å². The topological polar surface area (TPSA) is 58.6 Å². The minimum absolute atomic E-state index is 0.171. The van der Waals surface area contributed by atoms with Crippen LogP contribution in [-0.2, 0) is 14.6 Å². The Kier molecular flexibility index (Phi) is 5.62. The fourth-order valence-corrected chi connectivity index (χ4v) is 4.82. The van der Waals surface area contributed by atoms with Gasteiger partial charge >= 0.3 is 0 Å². The fourth-order valence-electron chi connectivity index (χ4n) is 3.11. The van der Waals surface area contributed by atoms with Gasteiger partial charge in [-0.05, 0) is 31.7 Å². The van der Waals surface area contributed by atoms with Crippen molar-refractivity contribution in [3.05, 3.63) is 0 Å². The standard InChI is InChI=1S/C13H26N2O3S/c1-18-10-12-3-2-6-15(9-12)7-5-14-13-4-8-19(16,17)11-13/h12-14H,2-11H2,1H3. The lowest BCUT2D eigenvalue weighted by molar-refractivity contribution is 0.0908. The second-order valence-electron chi connectivity index (χ2n) is 5.82. The molecule has 0 bridgehead atoms. The van der Waals surface area contributed by atoms with Crippen LogP contribution < -0.4 is 5.32 Å². The Balaban J connectivity index is 1.63. The van der Waals surface area contributed by atoms with Gasteiger partial charge in [-0.15, -0.1) is 0 Å². The third-order valence-electron chi connectivity index (χ3n) is 4.10. The molecule has 2 heterocycles. The molecule has 0 aliphatic carbocycles. The summed E-state index contributed by atoms with van der Waals surface area (Å²) in [7, 11) is -0.995. The number of likely N-dealkylation sites (tertiary alicyclic amines) is 1. The molecule has 5 nitrogen and oxygen atoms in total. The SMILES string of the molecule is COCC1CCCN(CCNC2CCS(=O)(=O)C2)C1. The Hall–Kier alpha value is -0.170. The molecule has 2 aliphatic rings. The van der Waals surface area contributed by atoms with Crippen LogP contribution in [-0.4, -0.2) is 70.8 Å². The average Bonchev–Trinajstić information content (AvgIpc) is 2.70. The molecule has 2 rings (SSSR count). The van der Waals surface area contributed by atoms with Crippen molar-refractivity contribution >= 4 is 9.84 Å². The van der Waals surface area contributed by atoms with E-state index in [1.807, 2.05) is 0 Å². The van der Waals surface area contributed by atoms with Crippen molar-refractivity contribution in [3.63, 3.8) is 0 Å². The van der Waals surface area contributed by atoms with Crippen LogP contribution >= 0.6 is 0 Å². The van der Waals surface area contributed by atoms with E-state index in [9.17, 15) is 8.42 Å². The lowest BCUT2D eigenvalue weighted by atomic mass is 9.99. The molecule has 0 aromatic heterocycles. The van der Waals surface area contributed by atoms with Crippen molar-refractivity contribution in [2.24, 2.45) is 5.92 Å². The third kappa shape index (κ3) is 5.02. The molecule has 112 valence electrons. The maximum absolute atomic E-state index is 11.4. The van der Waals surface area contributed by atoms with Crippen molar-refractivity contribution in [2.75, 3.05) is 51.4 Å². The first-order chi connectivity index (χ1) is 9.09. The summed E-state index contributed by atoms with van der Waals surface area (Å²) < 4.78 is 27.9. The smallest absolute Gasteiger partial charge is 0.151 e. The van der Waals surface area contributed by atoms with E-state index in [0.29, 0.717) is 17.4 Å². The molecule has 2 aliphatic heterocycles. The van der Waals surface area contributed by atoms with E-state index in [1.165, 1.54) is 12.8 Å². The van der Waals surface area contributed by atoms with Crippen LogP contribution in [0.25, 0.3) is 0 Å². The molecule has 2 saturated heterocycles. The molecule has 0 spiro atoms. The van der Waals surface area contributed by atoms with Crippen LogP contribution in [0.1, 0.15) is 19.3 Å². The van der Waals surface area contributed by atoms with Gasteiger partial charge in [-0.2, -0.15) is 0 Å². The van der Waals surface area contributed by atoms with Gasteiger partial charge in [0, 0.05) is 32.8 Å². The van der Waals surface area contributed by atoms with Gasteiger partial charge in [0.05, 0.1) is 18.1 Å². The van der Waals surface area contributed by atoms with Crippen LogP contribution in [0.5, 0.6) is 0 Å². The third-order valence-corrected chi connectivity index (χ3v) is 5.87. The second-order valence-corrected chi connectivity index (χ2v) is 8.05. The summed E-state index contributed by atoms with van der Waals surface area (Å²) in [6.45, 7) is 5.02. The Morgan fingerprint density at radius 3 is 2.89 bits per heavy atom. The fraction of sp³-hybridized carbons (Fsp3) is 1.00. The molecule has 2 fully saturated rings. The Labute approximate surface area is 116 Å².